The Kier molecular flexibility index (Phi) is 7.95. The Bertz CT molecular complexity index is 318. The maximum absolute atomic E-state index is 12.5. The maximum Gasteiger partial charge on any atom is 0.236 e. The van der Waals surface area contributed by atoms with Crippen LogP contribution in [0.4, 0.5) is 0 Å². The van der Waals surface area contributed by atoms with Crippen molar-refractivity contribution < 1.29 is 9.53 Å². The van der Waals surface area contributed by atoms with Crippen LogP contribution < -0.4 is 5.73 Å². The van der Waals surface area contributed by atoms with E-state index in [9.17, 15) is 4.79 Å². The van der Waals surface area contributed by atoms with E-state index in [1.807, 2.05) is 18.7 Å². The second-order valence-corrected chi connectivity index (χ2v) is 6.25. The zero-order chi connectivity index (χ0) is 14.5. The molecule has 21 heavy (non-hydrogen) atoms. The number of rotatable bonds is 4. The number of piperidine rings is 1. The number of carbonyl (C=O) groups excluding carboxylic acids is 1. The zero-order valence-electron chi connectivity index (χ0n) is 13.3. The van der Waals surface area contributed by atoms with Gasteiger partial charge in [-0.15, -0.1) is 12.4 Å². The van der Waals surface area contributed by atoms with Gasteiger partial charge in [0, 0.05) is 19.1 Å². The third-order valence-corrected chi connectivity index (χ3v) is 4.36. The minimum Gasteiger partial charge on any atom is -0.372 e. The lowest BCUT2D eigenvalue weighted by Crippen LogP contribution is -2.53. The van der Waals surface area contributed by atoms with Crippen LogP contribution in [0.1, 0.15) is 39.5 Å². The summed E-state index contributed by atoms with van der Waals surface area (Å²) in [7, 11) is 0. The molecular formula is C15H30ClN3O2. The fourth-order valence-corrected chi connectivity index (χ4v) is 3.44. The first kappa shape index (κ1) is 18.7. The van der Waals surface area contributed by atoms with E-state index in [4.69, 9.17) is 10.5 Å². The van der Waals surface area contributed by atoms with E-state index >= 15 is 0 Å². The number of likely N-dealkylation sites (tertiary alicyclic amines) is 1. The van der Waals surface area contributed by atoms with Crippen LogP contribution in [0.2, 0.25) is 0 Å². The van der Waals surface area contributed by atoms with Crippen molar-refractivity contribution in [1.29, 1.82) is 0 Å². The first-order valence-corrected chi connectivity index (χ1v) is 7.97. The number of nitrogens with zero attached hydrogens (tertiary/aromatic N) is 2. The summed E-state index contributed by atoms with van der Waals surface area (Å²) in [5, 5.41) is 0. The van der Waals surface area contributed by atoms with Gasteiger partial charge in [0.25, 0.3) is 0 Å². The van der Waals surface area contributed by atoms with Crippen molar-refractivity contribution in [3.8, 4) is 0 Å². The summed E-state index contributed by atoms with van der Waals surface area (Å²) in [6, 6.07) is 0.494. The van der Waals surface area contributed by atoms with Crippen LogP contribution >= 0.6 is 12.4 Å². The smallest absolute Gasteiger partial charge is 0.236 e. The second kappa shape index (κ2) is 8.93. The lowest BCUT2D eigenvalue weighted by molar-refractivity contribution is -0.145. The fraction of sp³-hybridized carbons (Fsp3) is 0.933. The van der Waals surface area contributed by atoms with E-state index < -0.39 is 0 Å². The molecule has 6 heteroatoms. The number of amides is 1. The predicted molar refractivity (Wildman–Crippen MR) is 86.7 cm³/mol. The molecule has 3 unspecified atom stereocenters. The molecule has 0 saturated carbocycles. The Morgan fingerprint density at radius 3 is 2.52 bits per heavy atom. The normalized spacial score (nSPS) is 30.8. The third-order valence-electron chi connectivity index (χ3n) is 4.36. The van der Waals surface area contributed by atoms with E-state index in [0.29, 0.717) is 19.1 Å². The van der Waals surface area contributed by atoms with Crippen molar-refractivity contribution in [2.75, 3.05) is 32.7 Å². The first-order chi connectivity index (χ1) is 9.60. The van der Waals surface area contributed by atoms with E-state index in [1.165, 1.54) is 19.3 Å². The van der Waals surface area contributed by atoms with E-state index in [2.05, 4.69) is 4.90 Å². The monoisotopic (exact) mass is 319 g/mol. The summed E-state index contributed by atoms with van der Waals surface area (Å²) in [6.07, 6.45) is 4.93. The number of hydrogen-bond acceptors (Lipinski definition) is 4. The largest absolute Gasteiger partial charge is 0.372 e. The van der Waals surface area contributed by atoms with Crippen LogP contribution in [0.3, 0.4) is 0 Å². The van der Waals surface area contributed by atoms with Gasteiger partial charge < -0.3 is 15.4 Å². The van der Waals surface area contributed by atoms with Gasteiger partial charge in [0.15, 0.2) is 0 Å². The zero-order valence-corrected chi connectivity index (χ0v) is 14.1. The molecule has 0 aromatic heterocycles. The van der Waals surface area contributed by atoms with Crippen molar-refractivity contribution in [1.82, 2.24) is 9.80 Å². The summed E-state index contributed by atoms with van der Waals surface area (Å²) in [6.45, 7) is 7.80. The Morgan fingerprint density at radius 1 is 1.24 bits per heavy atom. The topological polar surface area (TPSA) is 58.8 Å². The standard InChI is InChI=1S/C15H29N3O2.ClH/c1-12-9-18(10-13(2)20-12)15(19)11-17-8-4-3-5-14(17)6-7-16;/h12-14H,3-11,16H2,1-2H3;1H. The summed E-state index contributed by atoms with van der Waals surface area (Å²) in [5.41, 5.74) is 5.69. The molecule has 2 aliphatic heterocycles. The first-order valence-electron chi connectivity index (χ1n) is 7.97. The average molecular weight is 320 g/mol. The van der Waals surface area contributed by atoms with Gasteiger partial charge in [-0.1, -0.05) is 6.42 Å². The van der Waals surface area contributed by atoms with Crippen LogP contribution in [0.25, 0.3) is 0 Å². The molecule has 0 bridgehead atoms. The van der Waals surface area contributed by atoms with Crippen molar-refractivity contribution in [2.24, 2.45) is 5.73 Å². The van der Waals surface area contributed by atoms with Crippen LogP contribution in [-0.2, 0) is 9.53 Å². The summed E-state index contributed by atoms with van der Waals surface area (Å²) in [5.74, 6) is 0.246. The minimum absolute atomic E-state index is 0. The minimum atomic E-state index is 0. The van der Waals surface area contributed by atoms with E-state index in [1.54, 1.807) is 0 Å². The number of ether oxygens (including phenoxy) is 1. The highest BCUT2D eigenvalue weighted by Crippen LogP contribution is 2.20. The Hall–Kier alpha value is -0.360. The molecule has 5 nitrogen and oxygen atoms in total. The molecule has 2 rings (SSSR count). The van der Waals surface area contributed by atoms with Gasteiger partial charge in [-0.05, 0) is 46.2 Å². The van der Waals surface area contributed by atoms with E-state index in [0.717, 1.165) is 26.1 Å². The quantitative estimate of drug-likeness (QED) is 0.847. The Balaban J connectivity index is 0.00000220. The highest BCUT2D eigenvalue weighted by atomic mass is 35.5. The lowest BCUT2D eigenvalue weighted by atomic mass is 9.99. The highest BCUT2D eigenvalue weighted by Gasteiger charge is 2.29. The molecule has 0 aromatic carbocycles. The summed E-state index contributed by atoms with van der Waals surface area (Å²) >= 11 is 0. The van der Waals surface area contributed by atoms with Gasteiger partial charge in [0.05, 0.1) is 18.8 Å². The molecular weight excluding hydrogens is 290 g/mol. The third kappa shape index (κ3) is 5.40. The molecule has 2 N–H and O–H groups in total. The van der Waals surface area contributed by atoms with Gasteiger partial charge in [-0.25, -0.2) is 0 Å². The van der Waals surface area contributed by atoms with Crippen molar-refractivity contribution in [3.05, 3.63) is 0 Å². The molecule has 0 spiro atoms. The molecule has 0 radical (unpaired) electrons. The number of hydrogen-bond donors (Lipinski definition) is 1. The van der Waals surface area contributed by atoms with Crippen molar-refractivity contribution >= 4 is 18.3 Å². The molecule has 1 amide bonds. The van der Waals surface area contributed by atoms with Crippen LogP contribution in [-0.4, -0.2) is 66.7 Å². The van der Waals surface area contributed by atoms with Crippen LogP contribution in [0.15, 0.2) is 0 Å². The number of carbonyl (C=O) groups is 1. The van der Waals surface area contributed by atoms with Gasteiger partial charge in [0.2, 0.25) is 5.91 Å². The molecule has 0 aliphatic carbocycles. The molecule has 124 valence electrons. The summed E-state index contributed by atoms with van der Waals surface area (Å²) < 4.78 is 5.69. The molecule has 2 saturated heterocycles. The Morgan fingerprint density at radius 2 is 1.90 bits per heavy atom. The summed E-state index contributed by atoms with van der Waals surface area (Å²) in [4.78, 5) is 16.8. The Labute approximate surface area is 134 Å². The average Bonchev–Trinajstić information content (AvgIpc) is 2.40. The number of morpholine rings is 1. The number of halogens is 1. The molecule has 0 aromatic rings. The van der Waals surface area contributed by atoms with Gasteiger partial charge in [0.1, 0.15) is 0 Å². The molecule has 2 heterocycles. The number of nitrogens with two attached hydrogens (primary N) is 1. The molecule has 3 atom stereocenters. The lowest BCUT2D eigenvalue weighted by Gasteiger charge is -2.39. The maximum atomic E-state index is 12.5. The van der Waals surface area contributed by atoms with Crippen LogP contribution in [0.5, 0.6) is 0 Å². The van der Waals surface area contributed by atoms with Crippen molar-refractivity contribution in [3.63, 3.8) is 0 Å². The van der Waals surface area contributed by atoms with Gasteiger partial charge in [-0.3, -0.25) is 9.69 Å². The fourth-order valence-electron chi connectivity index (χ4n) is 3.44. The molecule has 2 fully saturated rings. The van der Waals surface area contributed by atoms with Gasteiger partial charge in [-0.2, -0.15) is 0 Å². The van der Waals surface area contributed by atoms with Crippen molar-refractivity contribution in [2.45, 2.75) is 57.8 Å². The highest BCUT2D eigenvalue weighted by molar-refractivity contribution is 5.85. The van der Waals surface area contributed by atoms with Gasteiger partial charge >= 0.3 is 0 Å². The second-order valence-electron chi connectivity index (χ2n) is 6.25. The predicted octanol–water partition coefficient (Wildman–Crippen LogP) is 1.25. The van der Waals surface area contributed by atoms with E-state index in [-0.39, 0.29) is 30.5 Å². The molecule has 2 aliphatic rings. The SMILES string of the molecule is CC1CN(C(=O)CN2CCCCC2CCN)CC(C)O1.Cl. The van der Waals surface area contributed by atoms with Crippen LogP contribution in [0, 0.1) is 0 Å².